The summed E-state index contributed by atoms with van der Waals surface area (Å²) in [5.74, 6) is 0. The highest BCUT2D eigenvalue weighted by Gasteiger charge is 2.05. The van der Waals surface area contributed by atoms with Crippen molar-refractivity contribution in [3.63, 3.8) is 0 Å². The average molecular weight is 175 g/mol. The van der Waals surface area contributed by atoms with Crippen LogP contribution in [-0.4, -0.2) is 29.0 Å². The van der Waals surface area contributed by atoms with Gasteiger partial charge in [-0.05, 0) is 19.9 Å². The van der Waals surface area contributed by atoms with E-state index in [2.05, 4.69) is 6.92 Å². The zero-order chi connectivity index (χ0) is 8.53. The molecular formula is C8H19O2Si. The largest absolute Gasteiger partial charge is 0.353 e. The van der Waals surface area contributed by atoms with Gasteiger partial charge >= 0.3 is 0 Å². The second kappa shape index (κ2) is 8.24. The Morgan fingerprint density at radius 1 is 1.27 bits per heavy atom. The molecule has 0 aliphatic rings. The van der Waals surface area contributed by atoms with E-state index in [1.807, 2.05) is 13.8 Å². The van der Waals surface area contributed by atoms with Gasteiger partial charge in [0.25, 0.3) is 0 Å². The smallest absolute Gasteiger partial charge is 0.154 e. The van der Waals surface area contributed by atoms with Crippen LogP contribution in [0.15, 0.2) is 0 Å². The van der Waals surface area contributed by atoms with E-state index >= 15 is 0 Å². The van der Waals surface area contributed by atoms with E-state index in [0.29, 0.717) is 0 Å². The SMILES string of the molecule is [CH2]C[SiH2]CC(OCC)OCC. The van der Waals surface area contributed by atoms with E-state index in [1.54, 1.807) is 0 Å². The normalized spacial score (nSPS) is 12.0. The molecule has 0 aliphatic carbocycles. The molecule has 0 amide bonds. The molecule has 0 aromatic rings. The van der Waals surface area contributed by atoms with Crippen LogP contribution in [0.3, 0.4) is 0 Å². The van der Waals surface area contributed by atoms with Crippen LogP contribution >= 0.6 is 0 Å². The van der Waals surface area contributed by atoms with E-state index < -0.39 is 0 Å². The summed E-state index contributed by atoms with van der Waals surface area (Å²) < 4.78 is 10.7. The van der Waals surface area contributed by atoms with Crippen molar-refractivity contribution in [1.82, 2.24) is 0 Å². The molecule has 0 bridgehead atoms. The van der Waals surface area contributed by atoms with Gasteiger partial charge in [-0.15, -0.1) is 0 Å². The second-order valence-corrected chi connectivity index (χ2v) is 4.33. The predicted octanol–water partition coefficient (Wildman–Crippen LogP) is 1.22. The molecule has 0 rings (SSSR count). The van der Waals surface area contributed by atoms with Gasteiger partial charge < -0.3 is 9.47 Å². The van der Waals surface area contributed by atoms with Crippen molar-refractivity contribution < 1.29 is 9.47 Å². The number of hydrogen-bond donors (Lipinski definition) is 0. The highest BCUT2D eigenvalue weighted by atomic mass is 28.2. The first kappa shape index (κ1) is 11.1. The van der Waals surface area contributed by atoms with Crippen LogP contribution in [0.4, 0.5) is 0 Å². The van der Waals surface area contributed by atoms with E-state index in [0.717, 1.165) is 25.3 Å². The summed E-state index contributed by atoms with van der Waals surface area (Å²) in [5, 5.41) is 0. The molecule has 0 atom stereocenters. The van der Waals surface area contributed by atoms with E-state index in [9.17, 15) is 0 Å². The van der Waals surface area contributed by atoms with Crippen LogP contribution in [0.1, 0.15) is 13.8 Å². The molecular weight excluding hydrogens is 156 g/mol. The summed E-state index contributed by atoms with van der Waals surface area (Å²) in [5.41, 5.74) is 0. The van der Waals surface area contributed by atoms with Crippen molar-refractivity contribution in [2.75, 3.05) is 13.2 Å². The van der Waals surface area contributed by atoms with Crippen molar-refractivity contribution in [3.05, 3.63) is 6.92 Å². The van der Waals surface area contributed by atoms with Gasteiger partial charge in [-0.2, -0.15) is 0 Å². The van der Waals surface area contributed by atoms with Crippen molar-refractivity contribution >= 4 is 9.52 Å². The molecule has 0 aliphatic heterocycles. The van der Waals surface area contributed by atoms with Gasteiger partial charge in [0.15, 0.2) is 6.29 Å². The molecule has 0 spiro atoms. The maximum absolute atomic E-state index is 5.37. The Morgan fingerprint density at radius 2 is 1.82 bits per heavy atom. The molecule has 0 unspecified atom stereocenters. The monoisotopic (exact) mass is 175 g/mol. The van der Waals surface area contributed by atoms with Gasteiger partial charge in [-0.1, -0.05) is 13.0 Å². The minimum atomic E-state index is -0.0275. The number of ether oxygens (including phenoxy) is 2. The van der Waals surface area contributed by atoms with Crippen molar-refractivity contribution in [2.45, 2.75) is 32.2 Å². The first-order valence-corrected chi connectivity index (χ1v) is 6.37. The third-order valence-electron chi connectivity index (χ3n) is 1.39. The van der Waals surface area contributed by atoms with Gasteiger partial charge in [0.2, 0.25) is 0 Å². The third kappa shape index (κ3) is 6.53. The molecule has 1 radical (unpaired) electrons. The first-order chi connectivity index (χ1) is 5.35. The van der Waals surface area contributed by atoms with Crippen LogP contribution in [0.25, 0.3) is 0 Å². The molecule has 0 N–H and O–H groups in total. The Kier molecular flexibility index (Phi) is 8.34. The highest BCUT2D eigenvalue weighted by Crippen LogP contribution is 2.01. The van der Waals surface area contributed by atoms with Gasteiger partial charge in [-0.3, -0.25) is 0 Å². The highest BCUT2D eigenvalue weighted by molar-refractivity contribution is 6.35. The number of hydrogen-bond acceptors (Lipinski definition) is 2. The Balaban J connectivity index is 3.34. The fourth-order valence-corrected chi connectivity index (χ4v) is 1.85. The standard InChI is InChI=1S/C8H19O2Si/c1-4-9-8(10-5-2)7-11-6-3/h8H,3-7,11H2,1-2H3. The summed E-state index contributed by atoms with van der Waals surface area (Å²) in [6, 6.07) is 2.20. The summed E-state index contributed by atoms with van der Waals surface area (Å²) in [6.07, 6.45) is 0.0541. The minimum absolute atomic E-state index is 0.0275. The van der Waals surface area contributed by atoms with Crippen LogP contribution in [0, 0.1) is 6.92 Å². The molecule has 0 saturated heterocycles. The predicted molar refractivity (Wildman–Crippen MR) is 50.6 cm³/mol. The van der Waals surface area contributed by atoms with Crippen LogP contribution in [-0.2, 0) is 9.47 Å². The molecule has 0 aromatic heterocycles. The lowest BCUT2D eigenvalue weighted by Crippen LogP contribution is -2.18. The molecule has 0 fully saturated rings. The zero-order valence-electron chi connectivity index (χ0n) is 7.64. The molecule has 3 heteroatoms. The van der Waals surface area contributed by atoms with E-state index in [-0.39, 0.29) is 15.8 Å². The quantitative estimate of drug-likeness (QED) is 0.428. The fourth-order valence-electron chi connectivity index (χ4n) is 0.898. The molecule has 0 saturated carbocycles. The van der Waals surface area contributed by atoms with Gasteiger partial charge in [0.05, 0.1) is 0 Å². The van der Waals surface area contributed by atoms with Crippen molar-refractivity contribution in [2.24, 2.45) is 0 Å². The summed E-state index contributed by atoms with van der Waals surface area (Å²) in [7, 11) is -0.0275. The van der Waals surface area contributed by atoms with E-state index in [1.165, 1.54) is 0 Å². The number of rotatable bonds is 7. The summed E-state index contributed by atoms with van der Waals surface area (Å²) in [4.78, 5) is 0. The van der Waals surface area contributed by atoms with Crippen LogP contribution in [0.2, 0.25) is 12.1 Å². The summed E-state index contributed by atoms with van der Waals surface area (Å²) in [6.45, 7) is 9.32. The minimum Gasteiger partial charge on any atom is -0.353 e. The lowest BCUT2D eigenvalue weighted by Gasteiger charge is -2.15. The zero-order valence-corrected chi connectivity index (χ0v) is 9.05. The molecule has 0 aromatic carbocycles. The second-order valence-electron chi connectivity index (χ2n) is 2.34. The Morgan fingerprint density at radius 3 is 2.18 bits per heavy atom. The van der Waals surface area contributed by atoms with Gasteiger partial charge in [0.1, 0.15) is 0 Å². The topological polar surface area (TPSA) is 18.5 Å². The van der Waals surface area contributed by atoms with Crippen LogP contribution < -0.4 is 0 Å². The maximum Gasteiger partial charge on any atom is 0.154 e. The summed E-state index contributed by atoms with van der Waals surface area (Å²) >= 11 is 0. The molecule has 2 nitrogen and oxygen atoms in total. The maximum atomic E-state index is 5.37. The molecule has 11 heavy (non-hydrogen) atoms. The third-order valence-corrected chi connectivity index (χ3v) is 2.77. The van der Waals surface area contributed by atoms with Gasteiger partial charge in [0, 0.05) is 22.7 Å². The lowest BCUT2D eigenvalue weighted by molar-refractivity contribution is -0.123. The van der Waals surface area contributed by atoms with E-state index in [4.69, 9.17) is 9.47 Å². The molecule has 67 valence electrons. The van der Waals surface area contributed by atoms with Crippen molar-refractivity contribution in [1.29, 1.82) is 0 Å². The first-order valence-electron chi connectivity index (χ1n) is 4.37. The average Bonchev–Trinajstić information content (AvgIpc) is 2.01. The Hall–Kier alpha value is 0.137. The Bertz CT molecular complexity index is 72.5. The Labute approximate surface area is 72.1 Å². The van der Waals surface area contributed by atoms with Gasteiger partial charge in [-0.25, -0.2) is 0 Å². The van der Waals surface area contributed by atoms with Crippen LogP contribution in [0.5, 0.6) is 0 Å². The van der Waals surface area contributed by atoms with Crippen molar-refractivity contribution in [3.8, 4) is 0 Å². The molecule has 0 heterocycles. The lowest BCUT2D eigenvalue weighted by atomic mass is 10.7. The fraction of sp³-hybridized carbons (Fsp3) is 0.875.